The molecule has 1 atom stereocenters. The van der Waals surface area contributed by atoms with Crippen molar-refractivity contribution in [2.45, 2.75) is 43.4 Å². The van der Waals surface area contributed by atoms with Crippen LogP contribution in [0, 0.1) is 5.92 Å². The predicted octanol–water partition coefficient (Wildman–Crippen LogP) is 6.90. The molecule has 2 aromatic carbocycles. The van der Waals surface area contributed by atoms with Gasteiger partial charge in [0.05, 0.1) is 0 Å². The van der Waals surface area contributed by atoms with Crippen molar-refractivity contribution >= 4 is 38.3 Å². The summed E-state index contributed by atoms with van der Waals surface area (Å²) in [5.74, 6) is 0.952. The molecule has 2 aromatic rings. The summed E-state index contributed by atoms with van der Waals surface area (Å²) in [5, 5.41) is 3.30. The molecule has 1 aliphatic carbocycles. The molecule has 0 N–H and O–H groups in total. The second kappa shape index (κ2) is 6.49. The molecule has 0 aliphatic heterocycles. The molecule has 1 unspecified atom stereocenters. The van der Waals surface area contributed by atoms with Gasteiger partial charge in [0.15, 0.2) is 0 Å². The summed E-state index contributed by atoms with van der Waals surface area (Å²) in [4.78, 5) is 0.435. The molecule has 0 saturated heterocycles. The van der Waals surface area contributed by atoms with Crippen molar-refractivity contribution < 1.29 is 0 Å². The molecule has 0 amide bonds. The SMILES string of the molecule is Clc1ccc(C(Br)CCC2CCCC2)c2ccccc12. The summed E-state index contributed by atoms with van der Waals surface area (Å²) in [6.45, 7) is 0. The van der Waals surface area contributed by atoms with Crippen molar-refractivity contribution in [1.29, 1.82) is 0 Å². The van der Waals surface area contributed by atoms with E-state index in [1.165, 1.54) is 49.5 Å². The highest BCUT2D eigenvalue weighted by molar-refractivity contribution is 9.09. The second-order valence-corrected chi connectivity index (χ2v) is 7.39. The average Bonchev–Trinajstić information content (AvgIpc) is 2.99. The van der Waals surface area contributed by atoms with Crippen molar-refractivity contribution in [3.63, 3.8) is 0 Å². The molecule has 0 heterocycles. The first-order valence-corrected chi connectivity index (χ1v) is 8.86. The van der Waals surface area contributed by atoms with Gasteiger partial charge in [0.25, 0.3) is 0 Å². The van der Waals surface area contributed by atoms with E-state index in [-0.39, 0.29) is 0 Å². The quantitative estimate of drug-likeness (QED) is 0.525. The number of halogens is 2. The highest BCUT2D eigenvalue weighted by Gasteiger charge is 2.18. The fourth-order valence-corrected chi connectivity index (χ4v) is 4.29. The van der Waals surface area contributed by atoms with Crippen LogP contribution in [0.2, 0.25) is 5.02 Å². The minimum absolute atomic E-state index is 0.435. The average molecular weight is 352 g/mol. The number of rotatable bonds is 4. The maximum atomic E-state index is 6.30. The Morgan fingerprint density at radius 1 is 1.05 bits per heavy atom. The zero-order chi connectivity index (χ0) is 13.9. The minimum Gasteiger partial charge on any atom is -0.0839 e. The molecule has 3 rings (SSSR count). The van der Waals surface area contributed by atoms with Crippen LogP contribution in [0.25, 0.3) is 10.8 Å². The van der Waals surface area contributed by atoms with Crippen molar-refractivity contribution in [2.24, 2.45) is 5.92 Å². The van der Waals surface area contributed by atoms with E-state index in [1.807, 2.05) is 6.07 Å². The molecule has 0 bridgehead atoms. The Hall–Kier alpha value is -0.530. The van der Waals surface area contributed by atoms with Crippen molar-refractivity contribution in [1.82, 2.24) is 0 Å². The Labute approximate surface area is 134 Å². The van der Waals surface area contributed by atoms with Gasteiger partial charge in [-0.25, -0.2) is 0 Å². The molecule has 0 radical (unpaired) electrons. The van der Waals surface area contributed by atoms with E-state index in [4.69, 9.17) is 11.6 Å². The number of hydrogen-bond donors (Lipinski definition) is 0. The summed E-state index contributed by atoms with van der Waals surface area (Å²) in [5.41, 5.74) is 1.38. The zero-order valence-corrected chi connectivity index (χ0v) is 14.0. The van der Waals surface area contributed by atoms with Gasteiger partial charge in [-0.05, 0) is 35.8 Å². The first-order chi connectivity index (χ1) is 9.75. The highest BCUT2D eigenvalue weighted by Crippen LogP contribution is 2.38. The van der Waals surface area contributed by atoms with E-state index in [2.05, 4.69) is 46.3 Å². The molecular formula is C18H20BrCl. The molecule has 1 saturated carbocycles. The second-order valence-electron chi connectivity index (χ2n) is 5.88. The van der Waals surface area contributed by atoms with Gasteiger partial charge in [0.2, 0.25) is 0 Å². The molecule has 0 nitrogen and oxygen atoms in total. The fourth-order valence-electron chi connectivity index (χ4n) is 3.40. The summed E-state index contributed by atoms with van der Waals surface area (Å²) < 4.78 is 0. The van der Waals surface area contributed by atoms with E-state index in [9.17, 15) is 0 Å². The molecule has 0 aromatic heterocycles. The van der Waals surface area contributed by atoms with Gasteiger partial charge in [-0.3, -0.25) is 0 Å². The molecule has 1 fully saturated rings. The molecule has 1 aliphatic rings. The van der Waals surface area contributed by atoms with Crippen LogP contribution in [0.4, 0.5) is 0 Å². The topological polar surface area (TPSA) is 0 Å². The highest BCUT2D eigenvalue weighted by atomic mass is 79.9. The van der Waals surface area contributed by atoms with Gasteiger partial charge in [-0.15, -0.1) is 0 Å². The summed E-state index contributed by atoms with van der Waals surface area (Å²) >= 11 is 10.2. The van der Waals surface area contributed by atoms with E-state index in [0.29, 0.717) is 4.83 Å². The van der Waals surface area contributed by atoms with Crippen LogP contribution in [-0.2, 0) is 0 Å². The van der Waals surface area contributed by atoms with Crippen LogP contribution in [0.3, 0.4) is 0 Å². The Bertz CT molecular complexity index is 587. The Balaban J connectivity index is 1.80. The van der Waals surface area contributed by atoms with Crippen molar-refractivity contribution in [2.75, 3.05) is 0 Å². The predicted molar refractivity (Wildman–Crippen MR) is 91.8 cm³/mol. The Kier molecular flexibility index (Phi) is 4.68. The van der Waals surface area contributed by atoms with Crippen LogP contribution in [0.5, 0.6) is 0 Å². The van der Waals surface area contributed by atoms with Gasteiger partial charge < -0.3 is 0 Å². The molecular weight excluding hydrogens is 332 g/mol. The maximum Gasteiger partial charge on any atom is 0.0484 e. The van der Waals surface area contributed by atoms with Gasteiger partial charge in [-0.2, -0.15) is 0 Å². The van der Waals surface area contributed by atoms with Crippen LogP contribution in [0.15, 0.2) is 36.4 Å². The lowest BCUT2D eigenvalue weighted by atomic mass is 9.95. The van der Waals surface area contributed by atoms with E-state index in [1.54, 1.807) is 0 Å². The molecule has 20 heavy (non-hydrogen) atoms. The van der Waals surface area contributed by atoms with Crippen LogP contribution < -0.4 is 0 Å². The number of benzene rings is 2. The fraction of sp³-hybridized carbons (Fsp3) is 0.444. The van der Waals surface area contributed by atoms with Crippen LogP contribution in [0.1, 0.15) is 48.9 Å². The third kappa shape index (κ3) is 3.04. The van der Waals surface area contributed by atoms with E-state index in [0.717, 1.165) is 16.3 Å². The van der Waals surface area contributed by atoms with Gasteiger partial charge in [0, 0.05) is 15.2 Å². The molecule has 0 spiro atoms. The summed E-state index contributed by atoms with van der Waals surface area (Å²) in [7, 11) is 0. The lowest BCUT2D eigenvalue weighted by molar-refractivity contribution is 0.483. The number of alkyl halides is 1. The third-order valence-electron chi connectivity index (χ3n) is 4.55. The summed E-state index contributed by atoms with van der Waals surface area (Å²) in [6, 6.07) is 12.7. The minimum atomic E-state index is 0.435. The van der Waals surface area contributed by atoms with Gasteiger partial charge >= 0.3 is 0 Å². The maximum absolute atomic E-state index is 6.30. The lowest BCUT2D eigenvalue weighted by Crippen LogP contribution is -1.98. The molecule has 106 valence electrons. The lowest BCUT2D eigenvalue weighted by Gasteiger charge is -2.16. The first kappa shape index (κ1) is 14.4. The normalized spacial score (nSPS) is 17.7. The largest absolute Gasteiger partial charge is 0.0839 e. The smallest absolute Gasteiger partial charge is 0.0484 e. The van der Waals surface area contributed by atoms with Crippen LogP contribution >= 0.6 is 27.5 Å². The number of hydrogen-bond acceptors (Lipinski definition) is 0. The van der Waals surface area contributed by atoms with Crippen LogP contribution in [-0.4, -0.2) is 0 Å². The van der Waals surface area contributed by atoms with Crippen molar-refractivity contribution in [3.05, 3.63) is 47.0 Å². The Morgan fingerprint density at radius 3 is 2.50 bits per heavy atom. The van der Waals surface area contributed by atoms with E-state index >= 15 is 0 Å². The van der Waals surface area contributed by atoms with Gasteiger partial charge in [0.1, 0.15) is 0 Å². The summed E-state index contributed by atoms with van der Waals surface area (Å²) in [6.07, 6.45) is 8.29. The Morgan fingerprint density at radius 2 is 1.75 bits per heavy atom. The van der Waals surface area contributed by atoms with Gasteiger partial charge in [-0.1, -0.05) is 83.5 Å². The number of fused-ring (bicyclic) bond motifs is 1. The monoisotopic (exact) mass is 350 g/mol. The van der Waals surface area contributed by atoms with Crippen molar-refractivity contribution in [3.8, 4) is 0 Å². The first-order valence-electron chi connectivity index (χ1n) is 7.57. The van der Waals surface area contributed by atoms with E-state index < -0.39 is 0 Å². The third-order valence-corrected chi connectivity index (χ3v) is 5.83. The standard InChI is InChI=1S/C18H20BrCl/c19-17(11-9-13-5-1-2-6-13)15-10-12-18(20)16-8-4-3-7-14(15)16/h3-4,7-8,10,12-13,17H,1-2,5-6,9,11H2. The molecule has 2 heteroatoms. The zero-order valence-electron chi connectivity index (χ0n) is 11.6.